The number of likely N-dealkylation sites (tertiary alicyclic amines) is 1. The van der Waals surface area contributed by atoms with Gasteiger partial charge < -0.3 is 14.6 Å². The van der Waals surface area contributed by atoms with Crippen molar-refractivity contribution in [2.45, 2.75) is 46.7 Å². The molecule has 1 aliphatic heterocycles. The molecule has 2 aromatic carbocycles. The van der Waals surface area contributed by atoms with Crippen LogP contribution in [0.3, 0.4) is 0 Å². The number of aromatic nitrogens is 2. The molecule has 1 fully saturated rings. The summed E-state index contributed by atoms with van der Waals surface area (Å²) in [7, 11) is 0. The molecular weight excluding hydrogens is 388 g/mol. The van der Waals surface area contributed by atoms with E-state index in [4.69, 9.17) is 9.72 Å². The highest BCUT2D eigenvalue weighted by atomic mass is 16.5. The van der Waals surface area contributed by atoms with E-state index in [9.17, 15) is 4.79 Å². The molecule has 6 nitrogen and oxygen atoms in total. The number of imidazole rings is 1. The van der Waals surface area contributed by atoms with E-state index >= 15 is 0 Å². The second-order valence-corrected chi connectivity index (χ2v) is 8.54. The molecule has 0 atom stereocenters. The first-order valence-electron chi connectivity index (χ1n) is 11.2. The second-order valence-electron chi connectivity index (χ2n) is 8.54. The summed E-state index contributed by atoms with van der Waals surface area (Å²) < 4.78 is 7.93. The number of amides is 1. The fraction of sp³-hybridized carbons (Fsp3) is 0.440. The molecule has 0 saturated carbocycles. The summed E-state index contributed by atoms with van der Waals surface area (Å²) in [5, 5.41) is 2.93. The van der Waals surface area contributed by atoms with Crippen molar-refractivity contribution in [3.63, 3.8) is 0 Å². The minimum Gasteiger partial charge on any atom is -0.483 e. The molecule has 1 N–H and O–H groups in total. The first-order chi connectivity index (χ1) is 15.0. The van der Waals surface area contributed by atoms with Crippen LogP contribution in [-0.2, 0) is 17.9 Å². The third-order valence-corrected chi connectivity index (χ3v) is 6.12. The standard InChI is InChI=1S/C25H32N4O2/c1-4-29-22-10-9-20(26-25(30)17-31-23-8-6-5-7-19(23)3)15-21(22)27-24(29)16-28-13-11-18(2)12-14-28/h5-10,15,18H,4,11-14,16-17H2,1-3H3,(H,26,30). The number of hydrogen-bond donors (Lipinski definition) is 1. The van der Waals surface area contributed by atoms with Gasteiger partial charge in [-0.15, -0.1) is 0 Å². The fourth-order valence-electron chi connectivity index (χ4n) is 4.21. The van der Waals surface area contributed by atoms with Gasteiger partial charge in [0.1, 0.15) is 11.6 Å². The molecule has 1 amide bonds. The van der Waals surface area contributed by atoms with Gasteiger partial charge >= 0.3 is 0 Å². The number of aryl methyl sites for hydroxylation is 2. The van der Waals surface area contributed by atoms with E-state index in [0.717, 1.165) is 66.0 Å². The van der Waals surface area contributed by atoms with Crippen LogP contribution in [0.25, 0.3) is 11.0 Å². The Balaban J connectivity index is 1.43. The van der Waals surface area contributed by atoms with Gasteiger partial charge in [-0.3, -0.25) is 9.69 Å². The molecule has 1 aromatic heterocycles. The third-order valence-electron chi connectivity index (χ3n) is 6.12. The Morgan fingerprint density at radius 2 is 1.97 bits per heavy atom. The maximum atomic E-state index is 12.4. The minimum absolute atomic E-state index is 0.0229. The Labute approximate surface area is 184 Å². The first-order valence-corrected chi connectivity index (χ1v) is 11.2. The summed E-state index contributed by atoms with van der Waals surface area (Å²) in [5.41, 5.74) is 3.78. The third kappa shape index (κ3) is 5.07. The van der Waals surface area contributed by atoms with Crippen molar-refractivity contribution < 1.29 is 9.53 Å². The van der Waals surface area contributed by atoms with Gasteiger partial charge in [0.2, 0.25) is 0 Å². The monoisotopic (exact) mass is 420 g/mol. The van der Waals surface area contributed by atoms with E-state index in [1.807, 2.05) is 49.4 Å². The van der Waals surface area contributed by atoms with Crippen LogP contribution in [0.1, 0.15) is 38.1 Å². The fourth-order valence-corrected chi connectivity index (χ4v) is 4.21. The van der Waals surface area contributed by atoms with Crippen molar-refractivity contribution in [1.29, 1.82) is 0 Å². The molecule has 164 valence electrons. The Morgan fingerprint density at radius 1 is 1.19 bits per heavy atom. The highest BCUT2D eigenvalue weighted by Crippen LogP contribution is 2.24. The lowest BCUT2D eigenvalue weighted by Gasteiger charge is -2.29. The summed E-state index contributed by atoms with van der Waals surface area (Å²) in [4.78, 5) is 19.8. The molecule has 3 aromatic rings. The Hall–Kier alpha value is -2.86. The van der Waals surface area contributed by atoms with Gasteiger partial charge in [-0.25, -0.2) is 4.98 Å². The minimum atomic E-state index is -0.180. The number of para-hydroxylation sites is 1. The molecule has 0 aliphatic carbocycles. The number of hydrogen-bond acceptors (Lipinski definition) is 4. The Kier molecular flexibility index (Phi) is 6.56. The lowest BCUT2D eigenvalue weighted by Crippen LogP contribution is -2.33. The van der Waals surface area contributed by atoms with Gasteiger partial charge in [-0.05, 0) is 75.5 Å². The van der Waals surface area contributed by atoms with Crippen molar-refractivity contribution in [2.75, 3.05) is 25.0 Å². The first kappa shape index (κ1) is 21.4. The molecule has 0 unspecified atom stereocenters. The van der Waals surface area contributed by atoms with Gasteiger partial charge in [0.05, 0.1) is 17.6 Å². The van der Waals surface area contributed by atoms with E-state index in [2.05, 4.69) is 28.6 Å². The van der Waals surface area contributed by atoms with E-state index in [-0.39, 0.29) is 12.5 Å². The van der Waals surface area contributed by atoms with Crippen LogP contribution in [-0.4, -0.2) is 40.1 Å². The molecule has 4 rings (SSSR count). The number of carbonyl (C=O) groups is 1. The van der Waals surface area contributed by atoms with Gasteiger partial charge in [0.15, 0.2) is 6.61 Å². The number of rotatable bonds is 7. The van der Waals surface area contributed by atoms with Crippen LogP contribution in [0.2, 0.25) is 0 Å². The quantitative estimate of drug-likeness (QED) is 0.606. The number of anilines is 1. The molecule has 0 spiro atoms. The van der Waals surface area contributed by atoms with Crippen LogP contribution >= 0.6 is 0 Å². The summed E-state index contributed by atoms with van der Waals surface area (Å²) in [5.74, 6) is 2.47. The van der Waals surface area contributed by atoms with Crippen LogP contribution in [0, 0.1) is 12.8 Å². The number of fused-ring (bicyclic) bond motifs is 1. The second kappa shape index (κ2) is 9.52. The predicted octanol–water partition coefficient (Wildman–Crippen LogP) is 4.61. The summed E-state index contributed by atoms with van der Waals surface area (Å²) in [6, 6.07) is 13.6. The van der Waals surface area contributed by atoms with E-state index in [1.165, 1.54) is 12.8 Å². The number of nitrogens with one attached hydrogen (secondary N) is 1. The van der Waals surface area contributed by atoms with E-state index in [0.29, 0.717) is 0 Å². The molecule has 31 heavy (non-hydrogen) atoms. The van der Waals surface area contributed by atoms with Crippen molar-refractivity contribution in [3.8, 4) is 5.75 Å². The molecule has 6 heteroatoms. The maximum absolute atomic E-state index is 12.4. The van der Waals surface area contributed by atoms with Crippen molar-refractivity contribution in [1.82, 2.24) is 14.5 Å². The number of piperidine rings is 1. The molecule has 1 aliphatic rings. The number of ether oxygens (including phenoxy) is 1. The average molecular weight is 421 g/mol. The van der Waals surface area contributed by atoms with Crippen LogP contribution < -0.4 is 10.1 Å². The highest BCUT2D eigenvalue weighted by Gasteiger charge is 2.19. The zero-order valence-electron chi connectivity index (χ0n) is 18.7. The molecule has 1 saturated heterocycles. The molecule has 0 bridgehead atoms. The van der Waals surface area contributed by atoms with Crippen molar-refractivity contribution in [2.24, 2.45) is 5.92 Å². The average Bonchev–Trinajstić information content (AvgIpc) is 3.11. The van der Waals surface area contributed by atoms with Crippen molar-refractivity contribution >= 4 is 22.6 Å². The number of benzene rings is 2. The van der Waals surface area contributed by atoms with E-state index in [1.54, 1.807) is 0 Å². The molecular formula is C25H32N4O2. The Bertz CT molecular complexity index is 1050. The van der Waals surface area contributed by atoms with Gasteiger partial charge in [-0.2, -0.15) is 0 Å². The molecule has 2 heterocycles. The number of nitrogens with zero attached hydrogens (tertiary/aromatic N) is 3. The zero-order valence-corrected chi connectivity index (χ0v) is 18.7. The van der Waals surface area contributed by atoms with Crippen LogP contribution in [0.15, 0.2) is 42.5 Å². The van der Waals surface area contributed by atoms with Crippen LogP contribution in [0.4, 0.5) is 5.69 Å². The molecule has 0 radical (unpaired) electrons. The summed E-state index contributed by atoms with van der Waals surface area (Å²) in [6.45, 7) is 10.5. The van der Waals surface area contributed by atoms with Crippen molar-refractivity contribution in [3.05, 3.63) is 53.9 Å². The lowest BCUT2D eigenvalue weighted by atomic mass is 9.99. The SMILES string of the molecule is CCn1c(CN2CCC(C)CC2)nc2cc(NC(=O)COc3ccccc3C)ccc21. The van der Waals surface area contributed by atoms with E-state index < -0.39 is 0 Å². The highest BCUT2D eigenvalue weighted by molar-refractivity contribution is 5.94. The summed E-state index contributed by atoms with van der Waals surface area (Å²) in [6.07, 6.45) is 2.51. The largest absolute Gasteiger partial charge is 0.483 e. The van der Waals surface area contributed by atoms with Gasteiger partial charge in [-0.1, -0.05) is 25.1 Å². The Morgan fingerprint density at radius 3 is 2.71 bits per heavy atom. The normalized spacial score (nSPS) is 15.3. The predicted molar refractivity (Wildman–Crippen MR) is 124 cm³/mol. The number of carbonyl (C=O) groups excluding carboxylic acids is 1. The van der Waals surface area contributed by atoms with Crippen LogP contribution in [0.5, 0.6) is 5.75 Å². The lowest BCUT2D eigenvalue weighted by molar-refractivity contribution is -0.118. The maximum Gasteiger partial charge on any atom is 0.262 e. The topological polar surface area (TPSA) is 59.4 Å². The zero-order chi connectivity index (χ0) is 21.8. The van der Waals surface area contributed by atoms with Gasteiger partial charge in [0.25, 0.3) is 5.91 Å². The van der Waals surface area contributed by atoms with Gasteiger partial charge in [0, 0.05) is 12.2 Å². The summed E-state index contributed by atoms with van der Waals surface area (Å²) >= 11 is 0. The smallest absolute Gasteiger partial charge is 0.262 e.